The third kappa shape index (κ3) is 3.37. The number of ether oxygens (including phenoxy) is 2. The topological polar surface area (TPSA) is 110 Å². The van der Waals surface area contributed by atoms with E-state index in [0.29, 0.717) is 34.2 Å². The number of hydrogen-bond donors (Lipinski definition) is 0. The van der Waals surface area contributed by atoms with Crippen molar-refractivity contribution >= 4 is 5.65 Å². The lowest BCUT2D eigenvalue weighted by Gasteiger charge is -2.09. The maximum atomic E-state index is 12.9. The quantitative estimate of drug-likeness (QED) is 0.404. The summed E-state index contributed by atoms with van der Waals surface area (Å²) < 4.78 is 18.6. The first-order valence-electron chi connectivity index (χ1n) is 9.74. The number of fused-ring (bicyclic) bond motifs is 1. The lowest BCUT2D eigenvalue weighted by Crippen LogP contribution is -2.23. The number of aromatic nitrogens is 6. The molecule has 0 saturated carbocycles. The minimum atomic E-state index is -0.406. The van der Waals surface area contributed by atoms with Gasteiger partial charge in [0.05, 0.1) is 25.5 Å². The van der Waals surface area contributed by atoms with Crippen molar-refractivity contribution in [3.05, 3.63) is 77.0 Å². The van der Waals surface area contributed by atoms with Gasteiger partial charge in [0.1, 0.15) is 6.54 Å². The minimum Gasteiger partial charge on any atom is -0.493 e. The fourth-order valence-electron chi connectivity index (χ4n) is 3.39. The first-order chi connectivity index (χ1) is 15.7. The zero-order chi connectivity index (χ0) is 22.1. The van der Waals surface area contributed by atoms with Gasteiger partial charge in [0.15, 0.2) is 17.1 Å². The highest BCUT2D eigenvalue weighted by atomic mass is 16.5. The average molecular weight is 430 g/mol. The van der Waals surface area contributed by atoms with E-state index < -0.39 is 5.69 Å². The zero-order valence-electron chi connectivity index (χ0n) is 17.3. The van der Waals surface area contributed by atoms with Crippen LogP contribution in [0, 0.1) is 0 Å². The number of nitrogens with zero attached hydrogens (tertiary/aromatic N) is 6. The molecule has 10 heteroatoms. The van der Waals surface area contributed by atoms with Gasteiger partial charge in [-0.3, -0.25) is 0 Å². The van der Waals surface area contributed by atoms with E-state index in [1.807, 2.05) is 36.4 Å². The fraction of sp³-hybridized carbons (Fsp3) is 0.136. The fourth-order valence-corrected chi connectivity index (χ4v) is 3.39. The molecular weight excluding hydrogens is 412 g/mol. The van der Waals surface area contributed by atoms with Gasteiger partial charge < -0.3 is 14.0 Å². The van der Waals surface area contributed by atoms with Gasteiger partial charge in [0.2, 0.25) is 11.7 Å². The Kier molecular flexibility index (Phi) is 4.86. The summed E-state index contributed by atoms with van der Waals surface area (Å²) in [4.78, 5) is 17.2. The van der Waals surface area contributed by atoms with E-state index in [4.69, 9.17) is 14.0 Å². The average Bonchev–Trinajstić information content (AvgIpc) is 3.43. The lowest BCUT2D eigenvalue weighted by molar-refractivity contribution is 0.354. The van der Waals surface area contributed by atoms with Crippen molar-refractivity contribution in [2.75, 3.05) is 14.2 Å². The summed E-state index contributed by atoms with van der Waals surface area (Å²) in [5.41, 5.74) is 2.20. The van der Waals surface area contributed by atoms with Gasteiger partial charge in [-0.2, -0.15) is 14.6 Å². The molecule has 5 rings (SSSR count). The van der Waals surface area contributed by atoms with Gasteiger partial charge in [-0.05, 0) is 24.3 Å². The molecule has 3 aromatic heterocycles. The maximum absolute atomic E-state index is 12.9. The predicted octanol–water partition coefficient (Wildman–Crippen LogP) is 2.67. The molecule has 0 N–H and O–H groups in total. The molecule has 0 spiro atoms. The van der Waals surface area contributed by atoms with Crippen LogP contribution < -0.4 is 15.2 Å². The molecule has 0 bridgehead atoms. The highest BCUT2D eigenvalue weighted by molar-refractivity contribution is 5.68. The standard InChI is InChI=1S/C22H18N6O4/c1-30-17-10-6-9-15(20(17)31-2)21-23-19(32-26-21)13-27-22(29)28-18(25-27)12-11-16(24-28)14-7-4-3-5-8-14/h3-12H,13H2,1-2H3. The van der Waals surface area contributed by atoms with Crippen LogP contribution in [0.2, 0.25) is 0 Å². The zero-order valence-corrected chi connectivity index (χ0v) is 17.3. The molecule has 2 aromatic carbocycles. The van der Waals surface area contributed by atoms with E-state index in [0.717, 1.165) is 5.56 Å². The third-order valence-electron chi connectivity index (χ3n) is 4.91. The Labute approximate surface area is 181 Å². The van der Waals surface area contributed by atoms with Crippen LogP contribution in [0.15, 0.2) is 70.0 Å². The molecule has 0 aliphatic heterocycles. The first kappa shape index (κ1) is 19.5. The second-order valence-corrected chi connectivity index (χ2v) is 6.85. The monoisotopic (exact) mass is 430 g/mol. The molecule has 0 saturated heterocycles. The lowest BCUT2D eigenvalue weighted by atomic mass is 10.1. The van der Waals surface area contributed by atoms with Gasteiger partial charge in [0, 0.05) is 5.56 Å². The van der Waals surface area contributed by atoms with Crippen molar-refractivity contribution < 1.29 is 14.0 Å². The number of benzene rings is 2. The normalized spacial score (nSPS) is 11.1. The van der Waals surface area contributed by atoms with Crippen LogP contribution in [0.5, 0.6) is 11.5 Å². The molecule has 0 unspecified atom stereocenters. The molecule has 0 aliphatic carbocycles. The molecule has 10 nitrogen and oxygen atoms in total. The molecule has 0 atom stereocenters. The van der Waals surface area contributed by atoms with E-state index in [2.05, 4.69) is 20.3 Å². The molecular formula is C22H18N6O4. The smallest absolute Gasteiger partial charge is 0.367 e. The maximum Gasteiger partial charge on any atom is 0.367 e. The van der Waals surface area contributed by atoms with Gasteiger partial charge >= 0.3 is 5.69 Å². The summed E-state index contributed by atoms with van der Waals surface area (Å²) in [5.74, 6) is 1.58. The van der Waals surface area contributed by atoms with Crippen molar-refractivity contribution in [2.45, 2.75) is 6.54 Å². The molecule has 0 fully saturated rings. The Hall–Kier alpha value is -4.47. The molecule has 0 radical (unpaired) electrons. The number of para-hydroxylation sites is 1. The van der Waals surface area contributed by atoms with E-state index in [1.165, 1.54) is 16.3 Å². The summed E-state index contributed by atoms with van der Waals surface area (Å²) >= 11 is 0. The second-order valence-electron chi connectivity index (χ2n) is 6.85. The summed E-state index contributed by atoms with van der Waals surface area (Å²) in [6.07, 6.45) is 0. The number of hydrogen-bond acceptors (Lipinski definition) is 8. The van der Waals surface area contributed by atoms with E-state index >= 15 is 0 Å². The molecule has 3 heterocycles. The largest absolute Gasteiger partial charge is 0.493 e. The Morgan fingerprint density at radius 3 is 2.56 bits per heavy atom. The predicted molar refractivity (Wildman–Crippen MR) is 115 cm³/mol. The number of methoxy groups -OCH3 is 2. The van der Waals surface area contributed by atoms with Crippen molar-refractivity contribution in [3.63, 3.8) is 0 Å². The molecule has 32 heavy (non-hydrogen) atoms. The highest BCUT2D eigenvalue weighted by Crippen LogP contribution is 2.36. The van der Waals surface area contributed by atoms with E-state index in [-0.39, 0.29) is 12.4 Å². The number of rotatable bonds is 6. The van der Waals surface area contributed by atoms with Crippen LogP contribution in [0.4, 0.5) is 0 Å². The van der Waals surface area contributed by atoms with Crippen LogP contribution in [-0.4, -0.2) is 43.8 Å². The van der Waals surface area contributed by atoms with Crippen molar-refractivity contribution in [3.8, 4) is 34.1 Å². The third-order valence-corrected chi connectivity index (χ3v) is 4.91. The van der Waals surface area contributed by atoms with Crippen LogP contribution in [0.1, 0.15) is 5.89 Å². The Morgan fingerprint density at radius 2 is 1.78 bits per heavy atom. The van der Waals surface area contributed by atoms with Crippen molar-refractivity contribution in [1.29, 1.82) is 0 Å². The Balaban J connectivity index is 1.47. The van der Waals surface area contributed by atoms with Crippen molar-refractivity contribution in [2.24, 2.45) is 0 Å². The second kappa shape index (κ2) is 7.99. The Bertz CT molecular complexity index is 1450. The van der Waals surface area contributed by atoms with Gasteiger partial charge in [-0.15, -0.1) is 5.10 Å². The summed E-state index contributed by atoms with van der Waals surface area (Å²) in [5, 5.41) is 12.8. The first-order valence-corrected chi connectivity index (χ1v) is 9.74. The molecule has 0 amide bonds. The molecule has 5 aromatic rings. The van der Waals surface area contributed by atoms with Gasteiger partial charge in [0.25, 0.3) is 0 Å². The van der Waals surface area contributed by atoms with Gasteiger partial charge in [-0.25, -0.2) is 9.48 Å². The SMILES string of the molecule is COc1cccc(-c2noc(Cn3nc4ccc(-c5ccccc5)nn4c3=O)n2)c1OC. The van der Waals surface area contributed by atoms with Crippen LogP contribution in [0.25, 0.3) is 28.3 Å². The summed E-state index contributed by atoms with van der Waals surface area (Å²) in [7, 11) is 3.09. The van der Waals surface area contributed by atoms with Crippen molar-refractivity contribution in [1.82, 2.24) is 29.5 Å². The van der Waals surface area contributed by atoms with Crippen LogP contribution in [0.3, 0.4) is 0 Å². The molecule has 0 aliphatic rings. The van der Waals surface area contributed by atoms with Crippen LogP contribution >= 0.6 is 0 Å². The van der Waals surface area contributed by atoms with E-state index in [1.54, 1.807) is 31.4 Å². The summed E-state index contributed by atoms with van der Waals surface area (Å²) in [6, 6.07) is 18.5. The Morgan fingerprint density at radius 1 is 0.938 bits per heavy atom. The van der Waals surface area contributed by atoms with Gasteiger partial charge in [-0.1, -0.05) is 41.6 Å². The van der Waals surface area contributed by atoms with Crippen LogP contribution in [-0.2, 0) is 6.54 Å². The molecule has 160 valence electrons. The summed E-state index contributed by atoms with van der Waals surface area (Å²) in [6.45, 7) is 0.00213. The van der Waals surface area contributed by atoms with E-state index in [9.17, 15) is 4.79 Å². The minimum absolute atomic E-state index is 0.00213. The highest BCUT2D eigenvalue weighted by Gasteiger charge is 2.18.